The average Bonchev–Trinajstić information content (AvgIpc) is 3.01. The summed E-state index contributed by atoms with van der Waals surface area (Å²) in [5, 5.41) is 12.6. The molecule has 208 valence electrons. The summed E-state index contributed by atoms with van der Waals surface area (Å²) < 4.78 is 23.0. The molecule has 0 unspecified atom stereocenters. The Labute approximate surface area is 244 Å². The Kier molecular flexibility index (Phi) is 10.2. The van der Waals surface area contributed by atoms with E-state index in [1.807, 2.05) is 84.9 Å². The van der Waals surface area contributed by atoms with Crippen molar-refractivity contribution < 1.29 is 23.7 Å². The molecule has 7 nitrogen and oxygen atoms in total. The molecule has 0 aromatic heterocycles. The third kappa shape index (κ3) is 8.04. The number of halogens is 1. The lowest BCUT2D eigenvalue weighted by Gasteiger charge is -2.15. The third-order valence-corrected chi connectivity index (χ3v) is 6.35. The highest BCUT2D eigenvalue weighted by Gasteiger charge is 2.15. The minimum Gasteiger partial charge on any atom is -0.493 e. The lowest BCUT2D eigenvalue weighted by Crippen LogP contribution is -2.23. The number of rotatable bonds is 12. The number of carbonyl (C=O) groups excluding carboxylic acids is 1. The predicted molar refractivity (Wildman–Crippen MR) is 158 cm³/mol. The van der Waals surface area contributed by atoms with Crippen LogP contribution in [-0.2, 0) is 24.6 Å². The molecule has 0 saturated heterocycles. The van der Waals surface area contributed by atoms with Crippen LogP contribution in [0.1, 0.15) is 22.3 Å². The summed E-state index contributed by atoms with van der Waals surface area (Å²) in [6, 6.07) is 30.1. The molecular formula is C33H29ClN2O5. The van der Waals surface area contributed by atoms with E-state index in [-0.39, 0.29) is 17.2 Å². The van der Waals surface area contributed by atoms with E-state index in [0.717, 1.165) is 16.7 Å². The van der Waals surface area contributed by atoms with Crippen molar-refractivity contribution in [2.45, 2.75) is 19.8 Å². The molecule has 4 rings (SSSR count). The number of amides is 1. The van der Waals surface area contributed by atoms with E-state index in [2.05, 4.69) is 5.32 Å². The fraction of sp³-hybridized carbons (Fsp3) is 0.152. The fourth-order valence-corrected chi connectivity index (χ4v) is 4.24. The van der Waals surface area contributed by atoms with Crippen LogP contribution in [0, 0.1) is 11.3 Å². The molecular weight excluding hydrogens is 540 g/mol. The first-order chi connectivity index (χ1) is 20.0. The van der Waals surface area contributed by atoms with Crippen molar-refractivity contribution >= 4 is 23.6 Å². The van der Waals surface area contributed by atoms with Gasteiger partial charge in [0.05, 0.1) is 19.2 Å². The van der Waals surface area contributed by atoms with Crippen LogP contribution < -0.4 is 24.3 Å². The molecule has 4 aromatic rings. The van der Waals surface area contributed by atoms with Gasteiger partial charge in [-0.2, -0.15) is 5.26 Å². The van der Waals surface area contributed by atoms with E-state index >= 15 is 0 Å². The van der Waals surface area contributed by atoms with E-state index < -0.39 is 5.91 Å². The maximum Gasteiger partial charge on any atom is 0.262 e. The summed E-state index contributed by atoms with van der Waals surface area (Å²) in [5.74, 6) is 1.40. The minimum atomic E-state index is -0.489. The molecule has 1 N–H and O–H groups in total. The van der Waals surface area contributed by atoms with Gasteiger partial charge in [-0.1, -0.05) is 78.3 Å². The van der Waals surface area contributed by atoms with Crippen molar-refractivity contribution in [3.63, 3.8) is 0 Å². The number of carbonyl (C=O) groups is 1. The van der Waals surface area contributed by atoms with E-state index in [1.54, 1.807) is 19.2 Å². The SMILES string of the molecule is COc1cc(COc2c(Cl)cc(/C=C(\C#N)C(=O)NCc3ccccc3)cc2OC)ccc1OCc1ccccc1. The number of ether oxygens (including phenoxy) is 4. The van der Waals surface area contributed by atoms with Crippen LogP contribution in [0.4, 0.5) is 0 Å². The second-order valence-corrected chi connectivity index (χ2v) is 9.33. The first-order valence-corrected chi connectivity index (χ1v) is 13.2. The Bertz CT molecular complexity index is 1550. The molecule has 0 heterocycles. The highest BCUT2D eigenvalue weighted by molar-refractivity contribution is 6.32. The number of hydrogen-bond donors (Lipinski definition) is 1. The van der Waals surface area contributed by atoms with Crippen LogP contribution in [0.3, 0.4) is 0 Å². The van der Waals surface area contributed by atoms with Crippen LogP contribution >= 0.6 is 11.6 Å². The maximum atomic E-state index is 12.6. The number of benzene rings is 4. The van der Waals surface area contributed by atoms with Gasteiger partial charge in [0.25, 0.3) is 5.91 Å². The molecule has 41 heavy (non-hydrogen) atoms. The van der Waals surface area contributed by atoms with Gasteiger partial charge in [-0.15, -0.1) is 0 Å². The Morgan fingerprint density at radius 3 is 2.12 bits per heavy atom. The molecule has 0 spiro atoms. The zero-order valence-corrected chi connectivity index (χ0v) is 23.5. The molecule has 1 amide bonds. The molecule has 0 aliphatic carbocycles. The number of nitrogens with zero attached hydrogens (tertiary/aromatic N) is 1. The highest BCUT2D eigenvalue weighted by atomic mass is 35.5. The van der Waals surface area contributed by atoms with Crippen LogP contribution in [0.25, 0.3) is 6.08 Å². The molecule has 0 bridgehead atoms. The molecule has 0 aliphatic heterocycles. The maximum absolute atomic E-state index is 12.6. The summed E-state index contributed by atoms with van der Waals surface area (Å²) in [4.78, 5) is 12.6. The quantitative estimate of drug-likeness (QED) is 0.150. The summed E-state index contributed by atoms with van der Waals surface area (Å²) >= 11 is 6.55. The molecule has 0 aliphatic rings. The number of nitriles is 1. The number of nitrogens with one attached hydrogen (secondary N) is 1. The van der Waals surface area contributed by atoms with Crippen molar-refractivity contribution in [1.82, 2.24) is 5.32 Å². The lowest BCUT2D eigenvalue weighted by atomic mass is 10.1. The standard InChI is InChI=1S/C33H29ClN2O5/c1-38-30-17-25(13-14-29(30)40-21-24-11-7-4-8-12-24)22-41-32-28(34)16-26(18-31(32)39-2)15-27(19-35)33(37)36-20-23-9-5-3-6-10-23/h3-18H,20-22H2,1-2H3,(H,36,37)/b27-15+. The average molecular weight is 569 g/mol. The Hall–Kier alpha value is -4.93. The van der Waals surface area contributed by atoms with Gasteiger partial charge < -0.3 is 24.3 Å². The monoisotopic (exact) mass is 568 g/mol. The summed E-state index contributed by atoms with van der Waals surface area (Å²) in [7, 11) is 3.07. The summed E-state index contributed by atoms with van der Waals surface area (Å²) in [6.45, 7) is 0.912. The Morgan fingerprint density at radius 1 is 0.805 bits per heavy atom. The van der Waals surface area contributed by atoms with Gasteiger partial charge in [0.1, 0.15) is 24.9 Å². The molecule has 0 fully saturated rings. The third-order valence-electron chi connectivity index (χ3n) is 6.07. The van der Waals surface area contributed by atoms with Crippen molar-refractivity contribution in [1.29, 1.82) is 5.26 Å². The van der Waals surface area contributed by atoms with E-state index in [9.17, 15) is 10.1 Å². The van der Waals surface area contributed by atoms with Crippen molar-refractivity contribution in [2.75, 3.05) is 14.2 Å². The second kappa shape index (κ2) is 14.5. The number of hydrogen-bond acceptors (Lipinski definition) is 6. The normalized spacial score (nSPS) is 10.8. The van der Waals surface area contributed by atoms with Crippen molar-refractivity contribution in [3.8, 4) is 29.1 Å². The molecule has 0 radical (unpaired) electrons. The van der Waals surface area contributed by atoms with Crippen LogP contribution in [0.15, 0.2) is 96.6 Å². The Balaban J connectivity index is 1.44. The second-order valence-electron chi connectivity index (χ2n) is 8.92. The van der Waals surface area contributed by atoms with Crippen LogP contribution in [0.2, 0.25) is 5.02 Å². The summed E-state index contributed by atoms with van der Waals surface area (Å²) in [5.41, 5.74) is 3.27. The van der Waals surface area contributed by atoms with Gasteiger partial charge in [0, 0.05) is 6.54 Å². The Morgan fingerprint density at radius 2 is 1.46 bits per heavy atom. The minimum absolute atomic E-state index is 0.0608. The van der Waals surface area contributed by atoms with E-state index in [0.29, 0.717) is 41.7 Å². The highest BCUT2D eigenvalue weighted by Crippen LogP contribution is 2.38. The van der Waals surface area contributed by atoms with Crippen molar-refractivity contribution in [3.05, 3.63) is 124 Å². The van der Waals surface area contributed by atoms with Gasteiger partial charge in [-0.05, 0) is 52.6 Å². The van der Waals surface area contributed by atoms with Gasteiger partial charge >= 0.3 is 0 Å². The van der Waals surface area contributed by atoms with Gasteiger partial charge in [-0.3, -0.25) is 4.79 Å². The zero-order chi connectivity index (χ0) is 29.0. The van der Waals surface area contributed by atoms with Gasteiger partial charge in [0.15, 0.2) is 23.0 Å². The topological polar surface area (TPSA) is 89.8 Å². The van der Waals surface area contributed by atoms with Gasteiger partial charge in [-0.25, -0.2) is 0 Å². The largest absolute Gasteiger partial charge is 0.493 e. The first kappa shape index (κ1) is 29.1. The molecule has 0 saturated carbocycles. The van der Waals surface area contributed by atoms with Crippen LogP contribution in [-0.4, -0.2) is 20.1 Å². The van der Waals surface area contributed by atoms with Crippen LogP contribution in [0.5, 0.6) is 23.0 Å². The predicted octanol–water partition coefficient (Wildman–Crippen LogP) is 6.74. The zero-order valence-electron chi connectivity index (χ0n) is 22.7. The van der Waals surface area contributed by atoms with Crippen molar-refractivity contribution in [2.24, 2.45) is 0 Å². The smallest absolute Gasteiger partial charge is 0.262 e. The summed E-state index contributed by atoms with van der Waals surface area (Å²) in [6.07, 6.45) is 1.46. The lowest BCUT2D eigenvalue weighted by molar-refractivity contribution is -0.117. The molecule has 0 atom stereocenters. The van der Waals surface area contributed by atoms with E-state index in [1.165, 1.54) is 13.2 Å². The fourth-order valence-electron chi connectivity index (χ4n) is 3.96. The molecule has 8 heteroatoms. The van der Waals surface area contributed by atoms with E-state index in [4.69, 9.17) is 30.5 Å². The van der Waals surface area contributed by atoms with Gasteiger partial charge in [0.2, 0.25) is 0 Å². The molecule has 4 aromatic carbocycles. The number of methoxy groups -OCH3 is 2. The first-order valence-electron chi connectivity index (χ1n) is 12.8.